The first-order valence-electron chi connectivity index (χ1n) is 18.6. The molecule has 0 N–H and O–H groups in total. The Hall–Kier alpha value is -7.16. The summed E-state index contributed by atoms with van der Waals surface area (Å²) < 4.78 is 2.38. The van der Waals surface area contributed by atoms with Gasteiger partial charge in [0.2, 0.25) is 0 Å². The van der Waals surface area contributed by atoms with Gasteiger partial charge in [-0.2, -0.15) is 0 Å². The second-order valence-electron chi connectivity index (χ2n) is 14.1. The summed E-state index contributed by atoms with van der Waals surface area (Å²) in [6, 6.07) is 75.3. The zero-order valence-corrected chi connectivity index (χ0v) is 29.5. The van der Waals surface area contributed by atoms with Gasteiger partial charge in [0.15, 0.2) is 0 Å². The minimum Gasteiger partial charge on any atom is -0.310 e. The molecule has 0 saturated carbocycles. The Kier molecular flexibility index (Phi) is 6.90. The zero-order valence-electron chi connectivity index (χ0n) is 29.5. The van der Waals surface area contributed by atoms with Crippen LogP contribution in [0.3, 0.4) is 0 Å². The topological polar surface area (TPSA) is 8.17 Å². The van der Waals surface area contributed by atoms with Crippen LogP contribution in [0.15, 0.2) is 206 Å². The van der Waals surface area contributed by atoms with Crippen molar-refractivity contribution in [1.82, 2.24) is 4.57 Å². The number of nitrogens with zero attached hydrogens (tertiary/aromatic N) is 2. The Morgan fingerprint density at radius 2 is 0.833 bits per heavy atom. The third kappa shape index (κ3) is 4.67. The maximum atomic E-state index is 2.45. The molecule has 0 saturated heterocycles. The summed E-state index contributed by atoms with van der Waals surface area (Å²) in [5, 5.41) is 4.95. The SMILES string of the molecule is c1ccc(-c2ccc(N(c3ccc4c(c3)c3ccccc3n4-c3ccccc3)c3ccc4c5c(cccc35)-c3ccccc3-c3ccccc3-4)cc2)cc1. The molecule has 0 fully saturated rings. The number of hydrogen-bond donors (Lipinski definition) is 0. The number of rotatable bonds is 5. The molecule has 0 radical (unpaired) electrons. The summed E-state index contributed by atoms with van der Waals surface area (Å²) >= 11 is 0. The lowest BCUT2D eigenvalue weighted by Crippen LogP contribution is -2.11. The van der Waals surface area contributed by atoms with Crippen LogP contribution in [0, 0.1) is 0 Å². The Bertz CT molecular complexity index is 2980. The summed E-state index contributed by atoms with van der Waals surface area (Å²) in [5.74, 6) is 0. The predicted molar refractivity (Wildman–Crippen MR) is 228 cm³/mol. The summed E-state index contributed by atoms with van der Waals surface area (Å²) in [6.07, 6.45) is 0. The number of fused-ring (bicyclic) bond motifs is 8. The fourth-order valence-electron chi connectivity index (χ4n) is 8.76. The number of aromatic nitrogens is 1. The van der Waals surface area contributed by atoms with Crippen molar-refractivity contribution in [3.8, 4) is 50.2 Å². The van der Waals surface area contributed by atoms with Crippen LogP contribution in [-0.2, 0) is 0 Å². The molecule has 11 rings (SSSR count). The molecule has 1 aliphatic rings. The standard InChI is InChI=1S/C52H34N2/c1-3-14-35(15-4-1)36-26-28-38(29-27-36)53(39-30-32-51-48(34-39)44-22-11-12-25-49(44)54(51)37-16-5-2-6-17-37)50-33-31-46-43-21-10-8-19-41(43)40-18-7-9-20-42(40)45-23-13-24-47(50)52(45)46/h1-34H. The van der Waals surface area contributed by atoms with Crippen molar-refractivity contribution in [3.63, 3.8) is 0 Å². The first-order chi connectivity index (χ1) is 26.8. The fraction of sp³-hybridized carbons (Fsp3) is 0. The maximum Gasteiger partial charge on any atom is 0.0542 e. The summed E-state index contributed by atoms with van der Waals surface area (Å²) in [5.41, 5.74) is 16.9. The largest absolute Gasteiger partial charge is 0.310 e. The Balaban J connectivity index is 1.19. The first kappa shape index (κ1) is 30.5. The van der Waals surface area contributed by atoms with E-state index >= 15 is 0 Å². The average Bonchev–Trinajstić information content (AvgIpc) is 3.52. The van der Waals surface area contributed by atoms with E-state index in [4.69, 9.17) is 0 Å². The Morgan fingerprint density at radius 1 is 0.315 bits per heavy atom. The number of benzene rings is 9. The molecule has 1 aromatic heterocycles. The molecule has 54 heavy (non-hydrogen) atoms. The highest BCUT2D eigenvalue weighted by Gasteiger charge is 2.25. The molecule has 1 aliphatic carbocycles. The van der Waals surface area contributed by atoms with Gasteiger partial charge in [-0.25, -0.2) is 0 Å². The van der Waals surface area contributed by atoms with Gasteiger partial charge in [-0.15, -0.1) is 0 Å². The minimum absolute atomic E-state index is 1.11. The molecular weight excluding hydrogens is 653 g/mol. The van der Waals surface area contributed by atoms with Crippen LogP contribution in [0.2, 0.25) is 0 Å². The highest BCUT2D eigenvalue weighted by molar-refractivity contribution is 6.18. The molecule has 0 amide bonds. The Morgan fingerprint density at radius 3 is 1.56 bits per heavy atom. The van der Waals surface area contributed by atoms with E-state index in [0.717, 1.165) is 22.7 Å². The molecular formula is C52H34N2. The molecule has 1 heterocycles. The second-order valence-corrected chi connectivity index (χ2v) is 14.1. The lowest BCUT2D eigenvalue weighted by Gasteiger charge is -2.28. The van der Waals surface area contributed by atoms with Gasteiger partial charge in [0.1, 0.15) is 0 Å². The van der Waals surface area contributed by atoms with Crippen LogP contribution in [0.5, 0.6) is 0 Å². The summed E-state index contributed by atoms with van der Waals surface area (Å²) in [4.78, 5) is 2.45. The third-order valence-corrected chi connectivity index (χ3v) is 11.1. The van der Waals surface area contributed by atoms with Crippen LogP contribution in [0.25, 0.3) is 82.8 Å². The van der Waals surface area contributed by atoms with Gasteiger partial charge in [-0.1, -0.05) is 152 Å². The number of anilines is 3. The van der Waals surface area contributed by atoms with Crippen LogP contribution >= 0.6 is 0 Å². The molecule has 0 aliphatic heterocycles. The molecule has 9 aromatic carbocycles. The monoisotopic (exact) mass is 686 g/mol. The number of para-hydroxylation sites is 2. The van der Waals surface area contributed by atoms with E-state index in [2.05, 4.69) is 216 Å². The van der Waals surface area contributed by atoms with Gasteiger partial charge in [-0.05, 0) is 104 Å². The van der Waals surface area contributed by atoms with Gasteiger partial charge >= 0.3 is 0 Å². The van der Waals surface area contributed by atoms with Crippen LogP contribution in [-0.4, -0.2) is 4.57 Å². The van der Waals surface area contributed by atoms with Gasteiger partial charge in [-0.3, -0.25) is 0 Å². The van der Waals surface area contributed by atoms with Gasteiger partial charge in [0.05, 0.1) is 16.7 Å². The third-order valence-electron chi connectivity index (χ3n) is 11.1. The van der Waals surface area contributed by atoms with Crippen LogP contribution < -0.4 is 4.90 Å². The first-order valence-corrected chi connectivity index (χ1v) is 18.6. The van der Waals surface area contributed by atoms with E-state index in [0.29, 0.717) is 0 Å². The van der Waals surface area contributed by atoms with E-state index in [-0.39, 0.29) is 0 Å². The molecule has 0 bridgehead atoms. The van der Waals surface area contributed by atoms with E-state index in [1.54, 1.807) is 0 Å². The highest BCUT2D eigenvalue weighted by atomic mass is 15.1. The lowest BCUT2D eigenvalue weighted by molar-refractivity contribution is 1.18. The van der Waals surface area contributed by atoms with Crippen molar-refractivity contribution < 1.29 is 0 Å². The van der Waals surface area contributed by atoms with Crippen molar-refractivity contribution >= 4 is 49.6 Å². The minimum atomic E-state index is 1.11. The lowest BCUT2D eigenvalue weighted by atomic mass is 9.92. The molecule has 2 heteroatoms. The normalized spacial score (nSPS) is 11.7. The molecule has 0 unspecified atom stereocenters. The van der Waals surface area contributed by atoms with Gasteiger partial charge < -0.3 is 9.47 Å². The molecule has 10 aromatic rings. The van der Waals surface area contributed by atoms with Gasteiger partial charge in [0, 0.05) is 33.2 Å². The quantitative estimate of drug-likeness (QED) is 0.175. The zero-order chi connectivity index (χ0) is 35.6. The maximum absolute atomic E-state index is 2.45. The molecule has 0 spiro atoms. The summed E-state index contributed by atoms with van der Waals surface area (Å²) in [6.45, 7) is 0. The smallest absolute Gasteiger partial charge is 0.0542 e. The van der Waals surface area contributed by atoms with Crippen molar-refractivity contribution in [3.05, 3.63) is 206 Å². The Labute approximate surface area is 314 Å². The highest BCUT2D eigenvalue weighted by Crippen LogP contribution is 2.51. The van der Waals surface area contributed by atoms with Crippen molar-refractivity contribution in [2.24, 2.45) is 0 Å². The van der Waals surface area contributed by atoms with E-state index in [1.807, 2.05) is 0 Å². The van der Waals surface area contributed by atoms with Crippen molar-refractivity contribution in [1.29, 1.82) is 0 Å². The van der Waals surface area contributed by atoms with Crippen LogP contribution in [0.4, 0.5) is 17.1 Å². The summed E-state index contributed by atoms with van der Waals surface area (Å²) in [7, 11) is 0. The van der Waals surface area contributed by atoms with Crippen molar-refractivity contribution in [2.45, 2.75) is 0 Å². The van der Waals surface area contributed by atoms with E-state index < -0.39 is 0 Å². The van der Waals surface area contributed by atoms with Crippen molar-refractivity contribution in [2.75, 3.05) is 4.90 Å². The molecule has 0 atom stereocenters. The molecule has 252 valence electrons. The fourth-order valence-corrected chi connectivity index (χ4v) is 8.76. The predicted octanol–water partition coefficient (Wildman–Crippen LogP) is 14.4. The molecule has 2 nitrogen and oxygen atoms in total. The van der Waals surface area contributed by atoms with E-state index in [1.165, 1.54) is 77.1 Å². The van der Waals surface area contributed by atoms with Gasteiger partial charge in [0.25, 0.3) is 0 Å². The average molecular weight is 687 g/mol. The van der Waals surface area contributed by atoms with Crippen LogP contribution in [0.1, 0.15) is 0 Å². The van der Waals surface area contributed by atoms with E-state index in [9.17, 15) is 0 Å². The second kappa shape index (κ2) is 12.2. The number of hydrogen-bond acceptors (Lipinski definition) is 1.